The molecule has 2 fully saturated rings. The van der Waals surface area contributed by atoms with Crippen molar-refractivity contribution >= 4 is 64.4 Å². The number of benzene rings is 4. The third kappa shape index (κ3) is 7.74. The molecule has 2 aliphatic rings. The third-order valence-electron chi connectivity index (χ3n) is 8.93. The predicted octanol–water partition coefficient (Wildman–Crippen LogP) is 5.09. The lowest BCUT2D eigenvalue weighted by molar-refractivity contribution is 0.311. The maximum absolute atomic E-state index is 16.7. The summed E-state index contributed by atoms with van der Waals surface area (Å²) in [4.78, 5) is 6.06. The number of nitrogens with one attached hydrogen (secondary N) is 2. The number of piperazine rings is 2. The van der Waals surface area contributed by atoms with Gasteiger partial charge in [-0.25, -0.2) is 25.5 Å². The van der Waals surface area contributed by atoms with Crippen molar-refractivity contribution < 1.29 is 30.7 Å². The van der Waals surface area contributed by atoms with Crippen molar-refractivity contribution in [3.05, 3.63) is 89.2 Å². The lowest BCUT2D eigenvalue weighted by Gasteiger charge is -2.34. The van der Waals surface area contributed by atoms with Gasteiger partial charge in [-0.3, -0.25) is 4.72 Å². The molecule has 6 rings (SSSR count). The number of halogens is 2. The van der Waals surface area contributed by atoms with Crippen LogP contribution in [0, 0.1) is 5.82 Å². The van der Waals surface area contributed by atoms with Crippen LogP contribution in [0.3, 0.4) is 0 Å². The number of hydrogen-bond acceptors (Lipinski definition) is 10. The highest BCUT2D eigenvalue weighted by Gasteiger charge is 2.32. The Bertz CT molecular complexity index is 2110. The van der Waals surface area contributed by atoms with E-state index >= 15 is 4.39 Å². The summed E-state index contributed by atoms with van der Waals surface area (Å²) in [7, 11) is -3.79. The van der Waals surface area contributed by atoms with Gasteiger partial charge in [-0.1, -0.05) is 28.1 Å². The summed E-state index contributed by atoms with van der Waals surface area (Å²) in [6.45, 7) is 5.63. The zero-order chi connectivity index (χ0) is 36.3. The van der Waals surface area contributed by atoms with E-state index in [1.54, 1.807) is 30.3 Å². The Hall–Kier alpha value is -4.09. The average Bonchev–Trinajstić information content (AvgIpc) is 3.13. The lowest BCUT2D eigenvalue weighted by atomic mass is 10.2. The largest absolute Gasteiger partial charge is 0.495 e. The van der Waals surface area contributed by atoms with E-state index in [1.807, 2.05) is 16.8 Å². The molecule has 0 radical (unpaired) electrons. The number of nitrogens with zero attached hydrogens (tertiary/aromatic N) is 4. The van der Waals surface area contributed by atoms with Crippen LogP contribution in [-0.2, 0) is 20.0 Å². The zero-order valence-electron chi connectivity index (χ0n) is 28.5. The molecule has 4 aromatic rings. The molecule has 4 aromatic carbocycles. The molecule has 16 heteroatoms. The molecule has 0 bridgehead atoms. The van der Waals surface area contributed by atoms with Crippen molar-refractivity contribution in [1.29, 1.82) is 0 Å². The molecule has 0 aliphatic carbocycles. The molecule has 0 unspecified atom stereocenters. The number of hydrogen-bond donors (Lipinski definition) is 2. The van der Waals surface area contributed by atoms with Gasteiger partial charge in [0.05, 0.1) is 52.4 Å². The first-order valence-electron chi connectivity index (χ1n) is 16.3. The van der Waals surface area contributed by atoms with Crippen LogP contribution in [0.25, 0.3) is 0 Å². The van der Waals surface area contributed by atoms with Crippen molar-refractivity contribution in [2.75, 3.05) is 92.5 Å². The Kier molecular flexibility index (Phi) is 11.0. The molecular weight excluding hydrogens is 763 g/mol. The highest BCUT2D eigenvalue weighted by molar-refractivity contribution is 9.10. The van der Waals surface area contributed by atoms with Crippen LogP contribution < -0.4 is 33.6 Å². The molecule has 0 aromatic heterocycles. The molecule has 0 saturated carbocycles. The summed E-state index contributed by atoms with van der Waals surface area (Å²) in [6, 6.07) is 19.4. The standard InChI is InChI=1S/C35H40BrFN6O6S2/c1-40-18-20-42(21-19-40)31-23-27(10-12-33(31)48-2)50(44,45)39-29-8-5-9-30(35(29)37)43(26-7-4-6-25(36)22-26)51(46,47)28-11-13-34(49-3)32(24-28)41-16-14-38-15-17-41/h4-13,22-24,38-39H,14-21H2,1-3H3. The molecule has 2 saturated heterocycles. The molecule has 2 aliphatic heterocycles. The topological polar surface area (TPSA) is 124 Å². The smallest absolute Gasteiger partial charge is 0.268 e. The van der Waals surface area contributed by atoms with Gasteiger partial charge in [0, 0.05) is 56.8 Å². The number of anilines is 5. The Labute approximate surface area is 307 Å². The van der Waals surface area contributed by atoms with E-state index in [-0.39, 0.29) is 21.2 Å². The Morgan fingerprint density at radius 2 is 1.35 bits per heavy atom. The van der Waals surface area contributed by atoms with Crippen molar-refractivity contribution in [1.82, 2.24) is 10.2 Å². The first-order valence-corrected chi connectivity index (χ1v) is 20.0. The van der Waals surface area contributed by atoms with E-state index in [0.717, 1.165) is 17.4 Å². The van der Waals surface area contributed by atoms with Crippen molar-refractivity contribution in [2.24, 2.45) is 0 Å². The number of likely N-dealkylation sites (N-methyl/N-ethyl adjacent to an activating group) is 1. The molecule has 0 atom stereocenters. The van der Waals surface area contributed by atoms with Gasteiger partial charge >= 0.3 is 0 Å². The van der Waals surface area contributed by atoms with Crippen LogP contribution in [0.5, 0.6) is 11.5 Å². The van der Waals surface area contributed by atoms with E-state index in [0.29, 0.717) is 66.6 Å². The summed E-state index contributed by atoms with van der Waals surface area (Å²) in [5.41, 5.74) is 0.535. The minimum atomic E-state index is -4.50. The molecule has 0 amide bonds. The second-order valence-corrected chi connectivity index (χ2v) is 16.6. The number of ether oxygens (including phenoxy) is 2. The van der Waals surface area contributed by atoms with Crippen LogP contribution in [0.15, 0.2) is 93.1 Å². The van der Waals surface area contributed by atoms with Crippen LogP contribution in [-0.4, -0.2) is 95.4 Å². The maximum Gasteiger partial charge on any atom is 0.268 e. The van der Waals surface area contributed by atoms with Crippen molar-refractivity contribution in [3.63, 3.8) is 0 Å². The second kappa shape index (κ2) is 15.3. The normalized spacial score (nSPS) is 15.8. The van der Waals surface area contributed by atoms with Gasteiger partial charge in [-0.05, 0) is 73.8 Å². The molecular formula is C35H40BrFN6O6S2. The van der Waals surface area contributed by atoms with Crippen LogP contribution in [0.1, 0.15) is 0 Å². The number of rotatable bonds is 11. The van der Waals surface area contributed by atoms with Gasteiger partial charge < -0.3 is 29.5 Å². The monoisotopic (exact) mass is 802 g/mol. The summed E-state index contributed by atoms with van der Waals surface area (Å²) in [6.07, 6.45) is 0. The maximum atomic E-state index is 16.7. The Morgan fingerprint density at radius 3 is 1.98 bits per heavy atom. The lowest BCUT2D eigenvalue weighted by Crippen LogP contribution is -2.44. The SMILES string of the molecule is COc1ccc(S(=O)(=O)N(c2cccc(Br)c2)c2cccc(NS(=O)(=O)c3ccc(OC)c(N4CCN(C)CC4)c3)c2F)cc1N1CCNCC1. The minimum Gasteiger partial charge on any atom is -0.495 e. The predicted molar refractivity (Wildman–Crippen MR) is 201 cm³/mol. The number of sulfonamides is 2. The fourth-order valence-corrected chi connectivity index (χ4v) is 9.16. The van der Waals surface area contributed by atoms with Crippen molar-refractivity contribution in [3.8, 4) is 11.5 Å². The number of methoxy groups -OCH3 is 2. The molecule has 12 nitrogen and oxygen atoms in total. The fraction of sp³-hybridized carbons (Fsp3) is 0.314. The quantitative estimate of drug-likeness (QED) is 0.212. The fourth-order valence-electron chi connectivity index (χ4n) is 6.19. The van der Waals surface area contributed by atoms with Crippen LogP contribution in [0.4, 0.5) is 32.8 Å². The highest BCUT2D eigenvalue weighted by Crippen LogP contribution is 2.40. The van der Waals surface area contributed by atoms with E-state index in [9.17, 15) is 16.8 Å². The first-order chi connectivity index (χ1) is 24.4. The Balaban J connectivity index is 1.40. The van der Waals surface area contributed by atoms with Gasteiger partial charge in [0.25, 0.3) is 20.0 Å². The van der Waals surface area contributed by atoms with Gasteiger partial charge in [-0.2, -0.15) is 0 Å². The van der Waals surface area contributed by atoms with E-state index in [2.05, 4.69) is 30.9 Å². The average molecular weight is 804 g/mol. The first kappa shape index (κ1) is 36.7. The van der Waals surface area contributed by atoms with Gasteiger partial charge in [0.15, 0.2) is 5.82 Å². The van der Waals surface area contributed by atoms with Gasteiger partial charge in [0.1, 0.15) is 11.5 Å². The molecule has 272 valence electrons. The zero-order valence-corrected chi connectivity index (χ0v) is 31.7. The summed E-state index contributed by atoms with van der Waals surface area (Å²) in [5.74, 6) is -0.0600. The molecule has 2 heterocycles. The van der Waals surface area contributed by atoms with Crippen LogP contribution >= 0.6 is 15.9 Å². The summed E-state index contributed by atoms with van der Waals surface area (Å²) >= 11 is 3.40. The van der Waals surface area contributed by atoms with Gasteiger partial charge in [0.2, 0.25) is 0 Å². The highest BCUT2D eigenvalue weighted by atomic mass is 79.9. The second-order valence-electron chi connectivity index (χ2n) is 12.2. The third-order valence-corrected chi connectivity index (χ3v) is 12.5. The molecule has 2 N–H and O–H groups in total. The minimum absolute atomic E-state index is 0.0998. The molecule has 51 heavy (non-hydrogen) atoms. The van der Waals surface area contributed by atoms with Gasteiger partial charge in [-0.15, -0.1) is 0 Å². The summed E-state index contributed by atoms with van der Waals surface area (Å²) in [5, 5.41) is 3.28. The summed E-state index contributed by atoms with van der Waals surface area (Å²) < 4.78 is 88.5. The van der Waals surface area contributed by atoms with E-state index in [4.69, 9.17) is 9.47 Å². The Morgan fingerprint density at radius 1 is 0.765 bits per heavy atom. The molecule has 0 spiro atoms. The van der Waals surface area contributed by atoms with E-state index in [1.165, 1.54) is 62.8 Å². The van der Waals surface area contributed by atoms with Crippen LogP contribution in [0.2, 0.25) is 0 Å². The van der Waals surface area contributed by atoms with E-state index < -0.39 is 31.6 Å². The van der Waals surface area contributed by atoms with Crippen molar-refractivity contribution in [2.45, 2.75) is 9.79 Å².